The average Bonchev–Trinajstić information content (AvgIpc) is 2.72. The van der Waals surface area contributed by atoms with Crippen LogP contribution in [0.15, 0.2) is 24.3 Å². The van der Waals surface area contributed by atoms with E-state index in [-0.39, 0.29) is 17.6 Å². The Balaban J connectivity index is 0.00000133. The summed E-state index contributed by atoms with van der Waals surface area (Å²) < 4.78 is 10.1. The SMILES string of the molecule is CC1(COCC(NC=O)c2ccc(C=O)cc2)CCC(O)CC1.CN.COC. The number of nitrogens with one attached hydrogen (secondary N) is 1. The van der Waals surface area contributed by atoms with Gasteiger partial charge < -0.3 is 25.6 Å². The lowest BCUT2D eigenvalue weighted by Crippen LogP contribution is -2.33. The fourth-order valence-corrected chi connectivity index (χ4v) is 3.00. The summed E-state index contributed by atoms with van der Waals surface area (Å²) in [6.07, 6.45) is 4.83. The lowest BCUT2D eigenvalue weighted by molar-refractivity contribution is -0.110. The average molecular weight is 397 g/mol. The molecule has 1 atom stereocenters. The Labute approximate surface area is 168 Å². The van der Waals surface area contributed by atoms with Crippen LogP contribution in [0.5, 0.6) is 0 Å². The number of ether oxygens (including phenoxy) is 2. The van der Waals surface area contributed by atoms with E-state index >= 15 is 0 Å². The number of aliphatic hydroxyl groups excluding tert-OH is 1. The maximum Gasteiger partial charge on any atom is 0.207 e. The minimum absolute atomic E-state index is 0.0896. The molecule has 160 valence electrons. The van der Waals surface area contributed by atoms with E-state index in [0.717, 1.165) is 37.5 Å². The highest BCUT2D eigenvalue weighted by atomic mass is 16.5. The number of carbonyl (C=O) groups excluding carboxylic acids is 2. The molecule has 0 aromatic heterocycles. The second-order valence-corrected chi connectivity index (χ2v) is 7.09. The maximum atomic E-state index is 10.8. The first-order chi connectivity index (χ1) is 13.5. The second kappa shape index (κ2) is 15.2. The molecule has 7 nitrogen and oxygen atoms in total. The molecule has 0 saturated heterocycles. The predicted molar refractivity (Wildman–Crippen MR) is 110 cm³/mol. The Morgan fingerprint density at radius 2 is 1.75 bits per heavy atom. The first kappa shape index (κ1) is 26.2. The summed E-state index contributed by atoms with van der Waals surface area (Å²) in [5.74, 6) is 0. The largest absolute Gasteiger partial charge is 0.393 e. The molecular weight excluding hydrogens is 360 g/mol. The summed E-state index contributed by atoms with van der Waals surface area (Å²) in [6.45, 7) is 3.18. The zero-order valence-electron chi connectivity index (χ0n) is 17.5. The molecule has 1 fully saturated rings. The summed E-state index contributed by atoms with van der Waals surface area (Å²) >= 11 is 0. The third kappa shape index (κ3) is 9.94. The van der Waals surface area contributed by atoms with Crippen LogP contribution in [0.4, 0.5) is 0 Å². The lowest BCUT2D eigenvalue weighted by Gasteiger charge is -2.35. The third-order valence-electron chi connectivity index (χ3n) is 4.64. The molecule has 4 N–H and O–H groups in total. The Hall–Kier alpha value is -1.80. The van der Waals surface area contributed by atoms with Crippen LogP contribution in [0, 0.1) is 5.41 Å². The summed E-state index contributed by atoms with van der Waals surface area (Å²) in [7, 11) is 4.75. The normalized spacial score (nSPS) is 21.9. The highest BCUT2D eigenvalue weighted by Gasteiger charge is 2.30. The van der Waals surface area contributed by atoms with E-state index in [4.69, 9.17) is 4.74 Å². The molecule has 0 spiro atoms. The number of benzene rings is 1. The van der Waals surface area contributed by atoms with Gasteiger partial charge in [-0.2, -0.15) is 0 Å². The molecule has 7 heteroatoms. The monoisotopic (exact) mass is 396 g/mol. The van der Waals surface area contributed by atoms with Crippen LogP contribution < -0.4 is 11.1 Å². The van der Waals surface area contributed by atoms with Crippen molar-refractivity contribution in [3.63, 3.8) is 0 Å². The third-order valence-corrected chi connectivity index (χ3v) is 4.64. The second-order valence-electron chi connectivity index (χ2n) is 7.09. The van der Waals surface area contributed by atoms with Gasteiger partial charge in [-0.1, -0.05) is 31.2 Å². The Morgan fingerprint density at radius 1 is 1.21 bits per heavy atom. The van der Waals surface area contributed by atoms with E-state index in [2.05, 4.69) is 22.7 Å². The molecule has 1 unspecified atom stereocenters. The van der Waals surface area contributed by atoms with Crippen molar-refractivity contribution in [2.24, 2.45) is 11.1 Å². The fourth-order valence-electron chi connectivity index (χ4n) is 3.00. The van der Waals surface area contributed by atoms with Crippen LogP contribution in [-0.4, -0.2) is 58.4 Å². The molecule has 2 rings (SSSR count). The molecule has 28 heavy (non-hydrogen) atoms. The molecule has 0 radical (unpaired) electrons. The Morgan fingerprint density at radius 3 is 2.21 bits per heavy atom. The van der Waals surface area contributed by atoms with Gasteiger partial charge in [0.1, 0.15) is 6.29 Å². The number of hydrogen-bond acceptors (Lipinski definition) is 6. The van der Waals surface area contributed by atoms with Crippen molar-refractivity contribution in [3.8, 4) is 0 Å². The number of aliphatic hydroxyl groups is 1. The van der Waals surface area contributed by atoms with Crippen LogP contribution in [-0.2, 0) is 14.3 Å². The van der Waals surface area contributed by atoms with Crippen molar-refractivity contribution in [2.75, 3.05) is 34.5 Å². The van der Waals surface area contributed by atoms with Gasteiger partial charge >= 0.3 is 0 Å². The van der Waals surface area contributed by atoms with Crippen LogP contribution in [0.3, 0.4) is 0 Å². The number of rotatable bonds is 8. The summed E-state index contributed by atoms with van der Waals surface area (Å²) in [5.41, 5.74) is 6.10. The van der Waals surface area contributed by atoms with E-state index in [1.54, 1.807) is 26.4 Å². The fraction of sp³-hybridized carbons (Fsp3) is 0.619. The summed E-state index contributed by atoms with van der Waals surface area (Å²) in [6, 6.07) is 6.88. The van der Waals surface area contributed by atoms with Gasteiger partial charge in [-0.15, -0.1) is 0 Å². The molecule has 1 amide bonds. The van der Waals surface area contributed by atoms with Crippen LogP contribution in [0.25, 0.3) is 0 Å². The number of amides is 1. The molecule has 1 aromatic carbocycles. The number of methoxy groups -OCH3 is 1. The first-order valence-electron chi connectivity index (χ1n) is 9.46. The number of carbonyl (C=O) groups is 2. The van der Waals surface area contributed by atoms with Gasteiger partial charge in [0.15, 0.2) is 0 Å². The highest BCUT2D eigenvalue weighted by Crippen LogP contribution is 2.36. The molecule has 1 saturated carbocycles. The van der Waals surface area contributed by atoms with E-state index in [9.17, 15) is 14.7 Å². The number of aldehydes is 1. The van der Waals surface area contributed by atoms with E-state index < -0.39 is 0 Å². The molecule has 0 aliphatic heterocycles. The van der Waals surface area contributed by atoms with E-state index in [1.165, 1.54) is 7.05 Å². The van der Waals surface area contributed by atoms with Crippen LogP contribution >= 0.6 is 0 Å². The van der Waals surface area contributed by atoms with Gasteiger partial charge in [0.25, 0.3) is 0 Å². The van der Waals surface area contributed by atoms with Gasteiger partial charge in [-0.05, 0) is 43.7 Å². The number of hydrogen-bond donors (Lipinski definition) is 3. The molecule has 1 aliphatic carbocycles. The van der Waals surface area contributed by atoms with Crippen molar-refractivity contribution in [2.45, 2.75) is 44.8 Å². The van der Waals surface area contributed by atoms with Crippen molar-refractivity contribution in [1.29, 1.82) is 0 Å². The lowest BCUT2D eigenvalue weighted by atomic mass is 9.75. The Kier molecular flexibility index (Phi) is 14.2. The molecule has 1 aliphatic rings. The molecule has 0 heterocycles. The van der Waals surface area contributed by atoms with Gasteiger partial charge in [-0.3, -0.25) is 9.59 Å². The molecular formula is C21H36N2O5. The summed E-state index contributed by atoms with van der Waals surface area (Å²) in [4.78, 5) is 21.5. The standard InChI is InChI=1S/C18H25NO4.C2H6O.CH5N/c1-18(8-6-16(22)7-9-18)12-23-11-17(19-13-21)15-4-2-14(10-20)3-5-15;1-3-2;1-2/h2-5,10,13,16-17,22H,6-9,11-12H2,1H3,(H,19,21);1-2H3;2H2,1H3. The maximum absolute atomic E-state index is 10.8. The van der Waals surface area contributed by atoms with Crippen molar-refractivity contribution >= 4 is 12.7 Å². The predicted octanol–water partition coefficient (Wildman–Crippen LogP) is 2.08. The van der Waals surface area contributed by atoms with Gasteiger partial charge in [0, 0.05) is 19.8 Å². The van der Waals surface area contributed by atoms with E-state index in [0.29, 0.717) is 25.2 Å². The van der Waals surface area contributed by atoms with Gasteiger partial charge in [0.05, 0.1) is 25.4 Å². The van der Waals surface area contributed by atoms with Crippen molar-refractivity contribution in [1.82, 2.24) is 5.32 Å². The highest BCUT2D eigenvalue weighted by molar-refractivity contribution is 5.74. The van der Waals surface area contributed by atoms with Gasteiger partial charge in [-0.25, -0.2) is 0 Å². The minimum atomic E-state index is -0.231. The summed E-state index contributed by atoms with van der Waals surface area (Å²) in [5, 5.41) is 12.4. The smallest absolute Gasteiger partial charge is 0.207 e. The van der Waals surface area contributed by atoms with Crippen LogP contribution in [0.2, 0.25) is 0 Å². The zero-order valence-corrected chi connectivity index (χ0v) is 17.5. The minimum Gasteiger partial charge on any atom is -0.393 e. The van der Waals surface area contributed by atoms with E-state index in [1.807, 2.05) is 12.1 Å². The Bertz CT molecular complexity index is 528. The topological polar surface area (TPSA) is 111 Å². The van der Waals surface area contributed by atoms with Crippen LogP contribution in [0.1, 0.15) is 54.6 Å². The van der Waals surface area contributed by atoms with Crippen molar-refractivity contribution in [3.05, 3.63) is 35.4 Å². The quantitative estimate of drug-likeness (QED) is 0.580. The zero-order chi connectivity index (χ0) is 21.4. The number of nitrogens with two attached hydrogens (primary N) is 1. The van der Waals surface area contributed by atoms with Crippen molar-refractivity contribution < 1.29 is 24.2 Å². The molecule has 1 aromatic rings. The molecule has 0 bridgehead atoms. The first-order valence-corrected chi connectivity index (χ1v) is 9.46. The van der Waals surface area contributed by atoms with Gasteiger partial charge in [0.2, 0.25) is 6.41 Å².